The summed E-state index contributed by atoms with van der Waals surface area (Å²) in [5.41, 5.74) is 40.0. The van der Waals surface area contributed by atoms with Gasteiger partial charge in [-0.05, 0) is 61.5 Å². The van der Waals surface area contributed by atoms with E-state index >= 15 is 0 Å². The molecule has 0 spiro atoms. The van der Waals surface area contributed by atoms with E-state index in [0.29, 0.717) is 17.4 Å². The van der Waals surface area contributed by atoms with Crippen LogP contribution >= 0.6 is 25.3 Å². The molecule has 102 heavy (non-hydrogen) atoms. The zero-order chi connectivity index (χ0) is 76.6. The predicted molar refractivity (Wildman–Crippen MR) is 386 cm³/mol. The van der Waals surface area contributed by atoms with E-state index in [1.165, 1.54) is 0 Å². The first-order valence-electron chi connectivity index (χ1n) is 33.0. The van der Waals surface area contributed by atoms with Gasteiger partial charge in [0.25, 0.3) is 5.91 Å². The van der Waals surface area contributed by atoms with Crippen LogP contribution in [0.3, 0.4) is 0 Å². The maximum Gasteiger partial charge on any atom is 0.305 e. The topological polar surface area (TPSA) is 602 Å². The van der Waals surface area contributed by atoms with Crippen molar-refractivity contribution in [2.24, 2.45) is 66.9 Å². The Morgan fingerprint density at radius 3 is 1.32 bits per heavy atom. The number of hydrogen-bond donors (Lipinski definition) is 20. The fourth-order valence-electron chi connectivity index (χ4n) is 9.84. The summed E-state index contributed by atoms with van der Waals surface area (Å²) < 4.78 is 0. The van der Waals surface area contributed by atoms with E-state index in [4.69, 9.17) is 40.1 Å². The summed E-state index contributed by atoms with van der Waals surface area (Å²) in [6.07, 6.45) is -0.588. The average molecular weight is 1470 g/mol. The molecule has 25 N–H and O–H groups in total. The van der Waals surface area contributed by atoms with E-state index < -0.39 is 169 Å². The molecule has 2 aromatic rings. The molecule has 0 unspecified atom stereocenters. The van der Waals surface area contributed by atoms with Crippen LogP contribution in [0.25, 0.3) is 0 Å². The molecule has 0 radical (unpaired) electrons. The number of rotatable bonds is 47. The standard InChI is InChI=1S/C64H101N21O15S2/c1-6-35(3)51(83-55(94)42(22-15-25-73-63(68)69)77-49(89)31-75-48(88)30-76-54(93)44(79-53(92)41(65)33-101)27-38-17-10-8-11-18-38)59(98)80-45(29-50(90)91)57(96)78-43(23-16-26-74-64(70)71)56(95)84-52(36(4)7-2)60(99)82-47(34-102)58(97)81-46(28-39-19-12-9-13-20-39)61(100)85(37(5)87)40(32-86)21-14-24-72-62(66)67/h8-13,17-20,32,35-36,40-47,51-52,101-102H,6-7,14-16,21-31,33-34,65H2,1-5H3,(H,75,88)(H,76,93)(H,77,89)(H,78,96)(H,79,92)(H,80,98)(H,81,97)(H,82,99)(H,83,94)(H,84,95)(H,90,91)(H4,66,67,72)(H4,68,69,73)(H4,70,71,74)/t35-,36-,40-,41-,42-,43-,44-,45-,46-,47-,51-,52-/m0/s1. The predicted octanol–water partition coefficient (Wildman–Crippen LogP) is -5.56. The Labute approximate surface area is 602 Å². The molecule has 564 valence electrons. The molecule has 0 aliphatic rings. The molecular formula is C64H101N21O15S2. The number of nitrogens with zero attached hydrogens (tertiary/aromatic N) is 4. The summed E-state index contributed by atoms with van der Waals surface area (Å²) in [6.45, 7) is 6.15. The minimum atomic E-state index is -1.96. The van der Waals surface area contributed by atoms with Crippen LogP contribution in [0.4, 0.5) is 0 Å². The molecule has 38 heteroatoms. The van der Waals surface area contributed by atoms with Crippen molar-refractivity contribution >= 4 is 126 Å². The number of carbonyl (C=O) groups excluding carboxylic acids is 13. The molecule has 0 bridgehead atoms. The zero-order valence-electron chi connectivity index (χ0n) is 57.9. The van der Waals surface area contributed by atoms with Gasteiger partial charge in [0.2, 0.25) is 65.0 Å². The highest BCUT2D eigenvalue weighted by atomic mass is 32.1. The van der Waals surface area contributed by atoms with E-state index in [2.05, 4.69) is 93.4 Å². The third-order valence-corrected chi connectivity index (χ3v) is 16.6. The molecule has 2 rings (SSSR count). The average Bonchev–Trinajstić information content (AvgIpc) is 0.822. The van der Waals surface area contributed by atoms with Gasteiger partial charge in [-0.1, -0.05) is 101 Å². The lowest BCUT2D eigenvalue weighted by Crippen LogP contribution is -2.62. The summed E-state index contributed by atoms with van der Waals surface area (Å²) in [7, 11) is 0. The van der Waals surface area contributed by atoms with Crippen molar-refractivity contribution in [3.8, 4) is 0 Å². The van der Waals surface area contributed by atoms with Crippen molar-refractivity contribution in [2.75, 3.05) is 44.2 Å². The summed E-state index contributed by atoms with van der Waals surface area (Å²) in [5, 5.41) is 35.1. The normalized spacial score (nSPS) is 14.4. The number of nitrogens with two attached hydrogens (primary N) is 7. The van der Waals surface area contributed by atoms with Gasteiger partial charge in [0, 0.05) is 50.9 Å². The molecule has 0 aliphatic carbocycles. The van der Waals surface area contributed by atoms with Crippen LogP contribution in [0, 0.1) is 11.8 Å². The molecule has 0 aromatic heterocycles. The van der Waals surface area contributed by atoms with E-state index in [-0.39, 0.29) is 113 Å². The van der Waals surface area contributed by atoms with Crippen molar-refractivity contribution in [2.45, 2.75) is 166 Å². The summed E-state index contributed by atoms with van der Waals surface area (Å²) >= 11 is 8.35. The minimum absolute atomic E-state index is 0.00815. The number of carbonyl (C=O) groups is 14. The van der Waals surface area contributed by atoms with Crippen LogP contribution in [0.2, 0.25) is 0 Å². The largest absolute Gasteiger partial charge is 0.481 e. The Hall–Kier alpha value is -10.1. The maximum atomic E-state index is 14.5. The first kappa shape index (κ1) is 88.0. The van der Waals surface area contributed by atoms with Gasteiger partial charge in [0.05, 0.1) is 31.6 Å². The molecule has 0 saturated carbocycles. The van der Waals surface area contributed by atoms with Crippen molar-refractivity contribution in [1.82, 2.24) is 58.1 Å². The number of aliphatic carboxylic acids is 1. The number of hydrogen-bond acceptors (Lipinski definition) is 20. The lowest BCUT2D eigenvalue weighted by atomic mass is 9.96. The Morgan fingerprint density at radius 2 is 0.892 bits per heavy atom. The maximum absolute atomic E-state index is 14.5. The molecule has 2 aromatic carbocycles. The van der Waals surface area contributed by atoms with Gasteiger partial charge >= 0.3 is 5.97 Å². The summed E-state index contributed by atoms with van der Waals surface area (Å²) in [4.78, 5) is 203. The summed E-state index contributed by atoms with van der Waals surface area (Å²) in [5.74, 6) is -15.3. The fourth-order valence-corrected chi connectivity index (χ4v) is 10.3. The Bertz CT molecular complexity index is 3230. The third-order valence-electron chi connectivity index (χ3n) is 15.8. The quantitative estimate of drug-likeness (QED) is 0.00966. The zero-order valence-corrected chi connectivity index (χ0v) is 59.7. The van der Waals surface area contributed by atoms with E-state index in [1.807, 2.05) is 0 Å². The van der Waals surface area contributed by atoms with Crippen LogP contribution in [-0.2, 0) is 80.0 Å². The van der Waals surface area contributed by atoms with Gasteiger partial charge < -0.3 is 103 Å². The Kier molecular flexibility index (Phi) is 40.6. The second-order valence-electron chi connectivity index (χ2n) is 23.9. The number of amides is 12. The molecule has 0 saturated heterocycles. The highest BCUT2D eigenvalue weighted by Gasteiger charge is 2.39. The number of thiol groups is 2. The number of carboxylic acid groups (broad SMARTS) is 1. The van der Waals surface area contributed by atoms with Crippen molar-refractivity contribution < 1.29 is 72.2 Å². The molecule has 12 atom stereocenters. The fraction of sp³-hybridized carbons (Fsp3) is 0.547. The number of benzene rings is 2. The molecule has 0 heterocycles. The van der Waals surface area contributed by atoms with Crippen LogP contribution in [0.5, 0.6) is 0 Å². The lowest BCUT2D eigenvalue weighted by Gasteiger charge is -2.31. The number of carboxylic acids is 1. The molecule has 36 nitrogen and oxygen atoms in total. The van der Waals surface area contributed by atoms with Gasteiger partial charge in [-0.15, -0.1) is 0 Å². The van der Waals surface area contributed by atoms with Gasteiger partial charge in [-0.2, -0.15) is 25.3 Å². The molecule has 0 fully saturated rings. The smallest absolute Gasteiger partial charge is 0.305 e. The van der Waals surface area contributed by atoms with Crippen LogP contribution < -0.4 is 93.3 Å². The molecular weight excluding hydrogens is 1370 g/mol. The second-order valence-corrected chi connectivity index (χ2v) is 24.6. The summed E-state index contributed by atoms with van der Waals surface area (Å²) in [6, 6.07) is 2.52. The highest BCUT2D eigenvalue weighted by Crippen LogP contribution is 2.16. The monoisotopic (exact) mass is 1470 g/mol. The highest BCUT2D eigenvalue weighted by molar-refractivity contribution is 7.80. The van der Waals surface area contributed by atoms with Gasteiger partial charge in [-0.3, -0.25) is 82.2 Å². The Morgan fingerprint density at radius 1 is 0.490 bits per heavy atom. The molecule has 12 amide bonds. The minimum Gasteiger partial charge on any atom is -0.481 e. The van der Waals surface area contributed by atoms with Crippen LogP contribution in [0.15, 0.2) is 75.6 Å². The SMILES string of the molecule is CC[C@H](C)[C@H](NC(=O)[C@H](CCCN=C(N)N)NC(=O)CNC(=O)CNC(=O)[C@H](Cc1ccccc1)NC(=O)[C@@H](N)CS)C(=O)N[C@@H](CC(=O)O)C(=O)N[C@@H](CCCN=C(N)N)C(=O)N[C@H](C(=O)N[C@@H](CS)C(=O)N[C@@H](Cc1ccccc1)C(=O)N(C(C)=O)[C@H](C=O)CCCN=C(N)N)[C@@H](C)CC. The molecule has 0 aliphatic heterocycles. The third kappa shape index (κ3) is 32.9. The van der Waals surface area contributed by atoms with E-state index in [1.54, 1.807) is 88.4 Å². The number of guanidine groups is 3. The van der Waals surface area contributed by atoms with Crippen molar-refractivity contribution in [3.63, 3.8) is 0 Å². The van der Waals surface area contributed by atoms with Gasteiger partial charge in [0.1, 0.15) is 54.6 Å². The number of nitrogens with one attached hydrogen (secondary N) is 10. The van der Waals surface area contributed by atoms with Gasteiger partial charge in [-0.25, -0.2) is 0 Å². The van der Waals surface area contributed by atoms with Gasteiger partial charge in [0.15, 0.2) is 17.9 Å². The number of aldehydes is 1. The first-order chi connectivity index (χ1) is 48.3. The first-order valence-corrected chi connectivity index (χ1v) is 34.3. The van der Waals surface area contributed by atoms with E-state index in [0.717, 1.165) is 11.8 Å². The van der Waals surface area contributed by atoms with Crippen LogP contribution in [0.1, 0.15) is 104 Å². The Balaban J connectivity index is 2.44. The van der Waals surface area contributed by atoms with Crippen LogP contribution in [-0.4, -0.2) is 216 Å². The lowest BCUT2D eigenvalue weighted by molar-refractivity contribution is -0.151. The van der Waals surface area contributed by atoms with Crippen molar-refractivity contribution in [1.29, 1.82) is 0 Å². The number of imide groups is 1. The van der Waals surface area contributed by atoms with Crippen molar-refractivity contribution in [3.05, 3.63) is 71.8 Å². The number of aliphatic imine (C=N–C) groups is 3. The van der Waals surface area contributed by atoms with E-state index in [9.17, 15) is 72.2 Å². The second kappa shape index (κ2) is 47.1.